The monoisotopic (exact) mass is 372 g/mol. The average molecular weight is 373 g/mol. The van der Waals surface area contributed by atoms with E-state index in [1.54, 1.807) is 4.90 Å². The molecule has 1 atom stereocenters. The summed E-state index contributed by atoms with van der Waals surface area (Å²) in [5.74, 6) is 1.40. The van der Waals surface area contributed by atoms with Crippen molar-refractivity contribution in [2.75, 3.05) is 33.3 Å². The molecule has 1 saturated heterocycles. The van der Waals surface area contributed by atoms with Crippen LogP contribution < -0.4 is 10.6 Å². The number of carbonyl (C=O) groups excluding carboxylic acids is 1. The zero-order valence-corrected chi connectivity index (χ0v) is 16.5. The number of aliphatic imine (C=N–C) groups is 1. The Bertz CT molecular complexity index is 653. The summed E-state index contributed by atoms with van der Waals surface area (Å²) in [6.45, 7) is 4.62. The fourth-order valence-electron chi connectivity index (χ4n) is 4.10. The van der Waals surface area contributed by atoms with Gasteiger partial charge in [0.25, 0.3) is 0 Å². The quantitative estimate of drug-likeness (QED) is 0.630. The minimum Gasteiger partial charge on any atom is -0.450 e. The van der Waals surface area contributed by atoms with Crippen molar-refractivity contribution in [3.05, 3.63) is 35.4 Å². The summed E-state index contributed by atoms with van der Waals surface area (Å²) >= 11 is 0. The molecule has 148 valence electrons. The number of nitrogens with one attached hydrogen (secondary N) is 2. The highest BCUT2D eigenvalue weighted by Gasteiger charge is 2.25. The summed E-state index contributed by atoms with van der Waals surface area (Å²) in [5, 5.41) is 7.04. The number of guanidine groups is 1. The van der Waals surface area contributed by atoms with Gasteiger partial charge >= 0.3 is 6.09 Å². The molecule has 1 fully saturated rings. The lowest BCUT2D eigenvalue weighted by Gasteiger charge is -2.33. The van der Waals surface area contributed by atoms with Gasteiger partial charge in [-0.2, -0.15) is 0 Å². The number of amides is 1. The van der Waals surface area contributed by atoms with Gasteiger partial charge in [-0.25, -0.2) is 4.79 Å². The third-order valence-corrected chi connectivity index (χ3v) is 5.59. The van der Waals surface area contributed by atoms with Gasteiger partial charge in [0.15, 0.2) is 5.96 Å². The predicted molar refractivity (Wildman–Crippen MR) is 108 cm³/mol. The number of ether oxygens (including phenoxy) is 1. The SMILES string of the molecule is CCOC(=O)N1CCC(NC(=NC)NCC2CCCc3ccccc32)CC1. The van der Waals surface area contributed by atoms with E-state index >= 15 is 0 Å². The second kappa shape index (κ2) is 9.62. The maximum atomic E-state index is 11.8. The molecule has 27 heavy (non-hydrogen) atoms. The standard InChI is InChI=1S/C21H32N4O2/c1-3-27-21(26)25-13-11-18(12-14-25)24-20(22-2)23-15-17-9-6-8-16-7-4-5-10-19(16)17/h4-5,7,10,17-18H,3,6,8-9,11-15H2,1-2H3,(H2,22,23,24). The molecule has 6 heteroatoms. The van der Waals surface area contributed by atoms with Crippen LogP contribution in [0.3, 0.4) is 0 Å². The number of nitrogens with zero attached hydrogens (tertiary/aromatic N) is 2. The Morgan fingerprint density at radius 3 is 2.78 bits per heavy atom. The van der Waals surface area contributed by atoms with Crippen LogP contribution in [0.15, 0.2) is 29.3 Å². The van der Waals surface area contributed by atoms with Gasteiger partial charge in [0.05, 0.1) is 6.61 Å². The number of hydrogen-bond acceptors (Lipinski definition) is 3. The highest BCUT2D eigenvalue weighted by molar-refractivity contribution is 5.80. The zero-order valence-electron chi connectivity index (χ0n) is 16.5. The number of benzene rings is 1. The van der Waals surface area contributed by atoms with Crippen LogP contribution in [0.5, 0.6) is 0 Å². The molecule has 1 aliphatic heterocycles. The molecule has 1 unspecified atom stereocenters. The lowest BCUT2D eigenvalue weighted by Crippen LogP contribution is -2.50. The molecule has 6 nitrogen and oxygen atoms in total. The van der Waals surface area contributed by atoms with E-state index in [2.05, 4.69) is 39.9 Å². The van der Waals surface area contributed by atoms with Crippen molar-refractivity contribution >= 4 is 12.1 Å². The molecule has 0 saturated carbocycles. The molecule has 1 aromatic rings. The van der Waals surface area contributed by atoms with E-state index < -0.39 is 0 Å². The normalized spacial score (nSPS) is 20.7. The van der Waals surface area contributed by atoms with Gasteiger partial charge in [0, 0.05) is 38.6 Å². The minimum absolute atomic E-state index is 0.200. The van der Waals surface area contributed by atoms with Crippen LogP contribution in [0.1, 0.15) is 49.7 Å². The number of fused-ring (bicyclic) bond motifs is 1. The van der Waals surface area contributed by atoms with Crippen molar-refractivity contribution in [3.8, 4) is 0 Å². The van der Waals surface area contributed by atoms with Crippen molar-refractivity contribution in [2.45, 2.75) is 51.0 Å². The first kappa shape index (κ1) is 19.5. The highest BCUT2D eigenvalue weighted by atomic mass is 16.6. The summed E-state index contributed by atoms with van der Waals surface area (Å²) in [4.78, 5) is 18.0. The Morgan fingerprint density at radius 1 is 1.26 bits per heavy atom. The van der Waals surface area contributed by atoms with E-state index in [0.29, 0.717) is 18.6 Å². The third-order valence-electron chi connectivity index (χ3n) is 5.59. The topological polar surface area (TPSA) is 66.0 Å². The first-order chi connectivity index (χ1) is 13.2. The van der Waals surface area contributed by atoms with Crippen molar-refractivity contribution in [1.29, 1.82) is 0 Å². The van der Waals surface area contributed by atoms with Crippen molar-refractivity contribution in [1.82, 2.24) is 15.5 Å². The number of piperidine rings is 1. The van der Waals surface area contributed by atoms with E-state index in [0.717, 1.165) is 38.4 Å². The summed E-state index contributed by atoms with van der Waals surface area (Å²) < 4.78 is 5.08. The van der Waals surface area contributed by atoms with Crippen LogP contribution in [-0.2, 0) is 11.2 Å². The molecule has 0 aromatic heterocycles. The number of aryl methyl sites for hydroxylation is 1. The van der Waals surface area contributed by atoms with Gasteiger partial charge in [-0.3, -0.25) is 4.99 Å². The second-order valence-electron chi connectivity index (χ2n) is 7.35. The molecule has 0 radical (unpaired) electrons. The largest absolute Gasteiger partial charge is 0.450 e. The van der Waals surface area contributed by atoms with E-state index in [-0.39, 0.29) is 6.09 Å². The first-order valence-electron chi connectivity index (χ1n) is 10.2. The zero-order chi connectivity index (χ0) is 19.1. The van der Waals surface area contributed by atoms with Crippen LogP contribution in [0.25, 0.3) is 0 Å². The molecule has 1 aliphatic carbocycles. The summed E-state index contributed by atoms with van der Waals surface area (Å²) in [7, 11) is 1.82. The van der Waals surface area contributed by atoms with E-state index in [1.807, 2.05) is 14.0 Å². The molecule has 0 spiro atoms. The van der Waals surface area contributed by atoms with Crippen molar-refractivity contribution < 1.29 is 9.53 Å². The summed E-state index contributed by atoms with van der Waals surface area (Å²) in [6.07, 6.45) is 5.28. The summed E-state index contributed by atoms with van der Waals surface area (Å²) in [6, 6.07) is 9.13. The fourth-order valence-corrected chi connectivity index (χ4v) is 4.10. The lowest BCUT2D eigenvalue weighted by molar-refractivity contribution is 0.0963. The van der Waals surface area contributed by atoms with Crippen LogP contribution in [0, 0.1) is 0 Å². The number of rotatable bonds is 4. The highest BCUT2D eigenvalue weighted by Crippen LogP contribution is 2.30. The first-order valence-corrected chi connectivity index (χ1v) is 10.2. The van der Waals surface area contributed by atoms with Gasteiger partial charge in [-0.05, 0) is 50.2 Å². The van der Waals surface area contributed by atoms with Crippen molar-refractivity contribution in [3.63, 3.8) is 0 Å². The molecule has 2 aliphatic rings. The molecule has 2 N–H and O–H groups in total. The maximum Gasteiger partial charge on any atom is 0.409 e. The van der Waals surface area contributed by atoms with E-state index in [4.69, 9.17) is 4.74 Å². The van der Waals surface area contributed by atoms with E-state index in [9.17, 15) is 4.79 Å². The molecule has 1 aromatic carbocycles. The Morgan fingerprint density at radius 2 is 2.04 bits per heavy atom. The Hall–Kier alpha value is -2.24. The van der Waals surface area contributed by atoms with Gasteiger partial charge < -0.3 is 20.3 Å². The fraction of sp³-hybridized carbons (Fsp3) is 0.619. The van der Waals surface area contributed by atoms with Gasteiger partial charge in [0.2, 0.25) is 0 Å². The average Bonchev–Trinajstić information content (AvgIpc) is 2.71. The Balaban J connectivity index is 1.46. The second-order valence-corrected chi connectivity index (χ2v) is 7.35. The van der Waals surface area contributed by atoms with Crippen LogP contribution in [0.2, 0.25) is 0 Å². The number of hydrogen-bond donors (Lipinski definition) is 2. The maximum absolute atomic E-state index is 11.8. The third kappa shape index (κ3) is 5.15. The van der Waals surface area contributed by atoms with Crippen LogP contribution in [-0.4, -0.2) is 56.3 Å². The molecule has 3 rings (SSSR count). The lowest BCUT2D eigenvalue weighted by atomic mass is 9.83. The molecule has 0 bridgehead atoms. The summed E-state index contributed by atoms with van der Waals surface area (Å²) in [5.41, 5.74) is 2.97. The number of carbonyl (C=O) groups is 1. The van der Waals surface area contributed by atoms with Crippen molar-refractivity contribution in [2.24, 2.45) is 4.99 Å². The van der Waals surface area contributed by atoms with Crippen LogP contribution >= 0.6 is 0 Å². The minimum atomic E-state index is -0.200. The Kier molecular flexibility index (Phi) is 6.96. The van der Waals surface area contributed by atoms with Crippen LogP contribution in [0.4, 0.5) is 4.79 Å². The molecule has 1 heterocycles. The Labute approximate surface area is 162 Å². The molecular weight excluding hydrogens is 340 g/mol. The predicted octanol–water partition coefficient (Wildman–Crippen LogP) is 2.89. The van der Waals surface area contributed by atoms with Gasteiger partial charge in [-0.15, -0.1) is 0 Å². The molecular formula is C21H32N4O2. The van der Waals surface area contributed by atoms with E-state index in [1.165, 1.54) is 30.4 Å². The smallest absolute Gasteiger partial charge is 0.409 e. The van der Waals surface area contributed by atoms with Gasteiger partial charge in [0.1, 0.15) is 0 Å². The van der Waals surface area contributed by atoms with Gasteiger partial charge in [-0.1, -0.05) is 24.3 Å². The number of likely N-dealkylation sites (tertiary alicyclic amines) is 1. The molecule has 1 amide bonds.